The Balaban J connectivity index is 1.88. The van der Waals surface area contributed by atoms with Crippen LogP contribution in [0, 0.1) is 23.7 Å². The van der Waals surface area contributed by atoms with Gasteiger partial charge in [0.05, 0.1) is 13.0 Å². The molecule has 2 rings (SSSR count). The molecule has 0 aromatic rings. The summed E-state index contributed by atoms with van der Waals surface area (Å²) in [5.41, 5.74) is 0. The number of hydrogen-bond donors (Lipinski definition) is 0. The fourth-order valence-corrected chi connectivity index (χ4v) is 2.55. The van der Waals surface area contributed by atoms with E-state index >= 15 is 0 Å². The van der Waals surface area contributed by atoms with Gasteiger partial charge in [0, 0.05) is 0 Å². The van der Waals surface area contributed by atoms with Crippen molar-refractivity contribution in [2.45, 2.75) is 26.2 Å². The molecule has 2 aliphatic rings. The second-order valence-corrected chi connectivity index (χ2v) is 4.30. The van der Waals surface area contributed by atoms with Gasteiger partial charge in [0.2, 0.25) is 0 Å². The number of carbonyl (C=O) groups is 1. The number of esters is 1. The van der Waals surface area contributed by atoms with Crippen LogP contribution in [0.2, 0.25) is 0 Å². The minimum absolute atomic E-state index is 0.0266. The standard InChI is InChI=1S/C10H16O2/c1-6(10(11)12-2)7-3-8-5-9(8)4-7/h6-9H,3-5H2,1-2H3/t6-,7?,8-,9+/m0/s1. The number of ether oxygens (including phenoxy) is 1. The van der Waals surface area contributed by atoms with Crippen molar-refractivity contribution >= 4 is 5.97 Å². The fraction of sp³-hybridized carbons (Fsp3) is 0.900. The molecule has 0 saturated heterocycles. The first-order chi connectivity index (χ1) is 5.72. The van der Waals surface area contributed by atoms with E-state index in [4.69, 9.17) is 4.74 Å². The van der Waals surface area contributed by atoms with Crippen molar-refractivity contribution in [2.24, 2.45) is 23.7 Å². The third-order valence-corrected chi connectivity index (χ3v) is 3.56. The lowest BCUT2D eigenvalue weighted by molar-refractivity contribution is -0.146. The molecule has 0 aliphatic heterocycles. The highest BCUT2D eigenvalue weighted by atomic mass is 16.5. The Kier molecular flexibility index (Phi) is 1.85. The molecule has 2 aliphatic carbocycles. The molecule has 0 aromatic carbocycles. The molecule has 0 spiro atoms. The quantitative estimate of drug-likeness (QED) is 0.588. The van der Waals surface area contributed by atoms with Gasteiger partial charge in [0.15, 0.2) is 0 Å². The van der Waals surface area contributed by atoms with Crippen LogP contribution in [-0.4, -0.2) is 13.1 Å². The summed E-state index contributed by atoms with van der Waals surface area (Å²) in [4.78, 5) is 11.2. The van der Waals surface area contributed by atoms with Crippen molar-refractivity contribution in [2.75, 3.05) is 7.11 Å². The summed E-state index contributed by atoms with van der Waals surface area (Å²) in [6.45, 7) is 2.00. The summed E-state index contributed by atoms with van der Waals surface area (Å²) in [5, 5.41) is 0. The summed E-state index contributed by atoms with van der Waals surface area (Å²) in [7, 11) is 1.48. The van der Waals surface area contributed by atoms with Gasteiger partial charge in [-0.1, -0.05) is 6.92 Å². The second-order valence-electron chi connectivity index (χ2n) is 4.30. The SMILES string of the molecule is COC(=O)[C@@H](C)C1C[C@@H]2C[C@@H]2C1. The Bertz CT molecular complexity index is 190. The summed E-state index contributed by atoms with van der Waals surface area (Å²) >= 11 is 0. The van der Waals surface area contributed by atoms with Crippen LogP contribution >= 0.6 is 0 Å². The van der Waals surface area contributed by atoms with Gasteiger partial charge in [-0.15, -0.1) is 0 Å². The van der Waals surface area contributed by atoms with E-state index in [1.807, 2.05) is 6.92 Å². The minimum Gasteiger partial charge on any atom is -0.469 e. The number of methoxy groups -OCH3 is 1. The van der Waals surface area contributed by atoms with E-state index in [0.717, 1.165) is 11.8 Å². The number of fused-ring (bicyclic) bond motifs is 1. The highest BCUT2D eigenvalue weighted by Gasteiger charge is 2.48. The molecule has 1 unspecified atom stereocenters. The second kappa shape index (κ2) is 2.75. The predicted octanol–water partition coefficient (Wildman–Crippen LogP) is 1.84. The molecule has 2 nitrogen and oxygen atoms in total. The van der Waals surface area contributed by atoms with Crippen molar-refractivity contribution in [1.82, 2.24) is 0 Å². The van der Waals surface area contributed by atoms with E-state index in [1.165, 1.54) is 26.4 Å². The van der Waals surface area contributed by atoms with Crippen LogP contribution in [0.15, 0.2) is 0 Å². The molecule has 2 saturated carbocycles. The van der Waals surface area contributed by atoms with Crippen molar-refractivity contribution in [3.8, 4) is 0 Å². The topological polar surface area (TPSA) is 26.3 Å². The van der Waals surface area contributed by atoms with Gasteiger partial charge in [0.1, 0.15) is 0 Å². The van der Waals surface area contributed by atoms with Gasteiger partial charge in [-0.2, -0.15) is 0 Å². The Hall–Kier alpha value is -0.530. The summed E-state index contributed by atoms with van der Waals surface area (Å²) in [6.07, 6.45) is 3.95. The first-order valence-electron chi connectivity index (χ1n) is 4.80. The molecule has 12 heavy (non-hydrogen) atoms. The molecule has 4 atom stereocenters. The minimum atomic E-state index is -0.0266. The molecule has 2 fully saturated rings. The van der Waals surface area contributed by atoms with Crippen LogP contribution in [0.1, 0.15) is 26.2 Å². The van der Waals surface area contributed by atoms with Gasteiger partial charge in [-0.3, -0.25) is 4.79 Å². The predicted molar refractivity (Wildman–Crippen MR) is 45.5 cm³/mol. The lowest BCUT2D eigenvalue weighted by atomic mass is 9.90. The first-order valence-corrected chi connectivity index (χ1v) is 4.80. The summed E-state index contributed by atoms with van der Waals surface area (Å²) in [6, 6.07) is 0. The third-order valence-electron chi connectivity index (χ3n) is 3.56. The molecular weight excluding hydrogens is 152 g/mol. The molecule has 0 bridgehead atoms. The summed E-state index contributed by atoms with van der Waals surface area (Å²) < 4.78 is 4.74. The molecule has 68 valence electrons. The lowest BCUT2D eigenvalue weighted by Gasteiger charge is -2.17. The largest absolute Gasteiger partial charge is 0.469 e. The van der Waals surface area contributed by atoms with Crippen LogP contribution in [0.3, 0.4) is 0 Å². The zero-order valence-electron chi connectivity index (χ0n) is 7.75. The maximum absolute atomic E-state index is 11.2. The maximum Gasteiger partial charge on any atom is 0.308 e. The van der Waals surface area contributed by atoms with E-state index < -0.39 is 0 Å². The van der Waals surface area contributed by atoms with Crippen molar-refractivity contribution in [3.05, 3.63) is 0 Å². The van der Waals surface area contributed by atoms with Gasteiger partial charge < -0.3 is 4.74 Å². The van der Waals surface area contributed by atoms with Crippen LogP contribution in [0.4, 0.5) is 0 Å². The fourth-order valence-electron chi connectivity index (χ4n) is 2.55. The average molecular weight is 168 g/mol. The molecule has 0 N–H and O–H groups in total. The van der Waals surface area contributed by atoms with E-state index in [2.05, 4.69) is 0 Å². The molecular formula is C10H16O2. The highest BCUT2D eigenvalue weighted by molar-refractivity contribution is 5.72. The Morgan fingerprint density at radius 2 is 1.92 bits per heavy atom. The van der Waals surface area contributed by atoms with Crippen LogP contribution in [0.5, 0.6) is 0 Å². The molecule has 0 amide bonds. The van der Waals surface area contributed by atoms with Gasteiger partial charge in [0.25, 0.3) is 0 Å². The third kappa shape index (κ3) is 1.23. The van der Waals surface area contributed by atoms with E-state index in [9.17, 15) is 4.79 Å². The van der Waals surface area contributed by atoms with Crippen LogP contribution in [0.25, 0.3) is 0 Å². The Morgan fingerprint density at radius 1 is 1.33 bits per heavy atom. The van der Waals surface area contributed by atoms with E-state index in [0.29, 0.717) is 5.92 Å². The van der Waals surface area contributed by atoms with Crippen molar-refractivity contribution in [3.63, 3.8) is 0 Å². The zero-order chi connectivity index (χ0) is 8.72. The Labute approximate surface area is 73.3 Å². The maximum atomic E-state index is 11.2. The number of hydrogen-bond acceptors (Lipinski definition) is 2. The van der Waals surface area contributed by atoms with Gasteiger partial charge >= 0.3 is 5.97 Å². The van der Waals surface area contributed by atoms with E-state index in [-0.39, 0.29) is 11.9 Å². The van der Waals surface area contributed by atoms with Crippen LogP contribution in [-0.2, 0) is 9.53 Å². The first kappa shape index (κ1) is 8.09. The smallest absolute Gasteiger partial charge is 0.308 e. The van der Waals surface area contributed by atoms with Gasteiger partial charge in [-0.25, -0.2) is 0 Å². The molecule has 0 radical (unpaired) electrons. The highest BCUT2D eigenvalue weighted by Crippen LogP contribution is 2.56. The van der Waals surface area contributed by atoms with Crippen LogP contribution < -0.4 is 0 Å². The monoisotopic (exact) mass is 168 g/mol. The Morgan fingerprint density at radius 3 is 2.42 bits per heavy atom. The van der Waals surface area contributed by atoms with Gasteiger partial charge in [-0.05, 0) is 37.0 Å². The summed E-state index contributed by atoms with van der Waals surface area (Å²) in [5.74, 6) is 2.63. The van der Waals surface area contributed by atoms with E-state index in [1.54, 1.807) is 0 Å². The molecule has 0 aromatic heterocycles. The van der Waals surface area contributed by atoms with Crippen molar-refractivity contribution in [1.29, 1.82) is 0 Å². The van der Waals surface area contributed by atoms with Crippen molar-refractivity contribution < 1.29 is 9.53 Å². The average Bonchev–Trinajstić information content (AvgIpc) is 2.71. The number of rotatable bonds is 2. The zero-order valence-corrected chi connectivity index (χ0v) is 7.75. The lowest BCUT2D eigenvalue weighted by Crippen LogP contribution is -2.21. The molecule has 2 heteroatoms. The number of carbonyl (C=O) groups excluding carboxylic acids is 1. The normalized spacial score (nSPS) is 40.3. The molecule has 0 heterocycles.